The minimum absolute atomic E-state index is 0.245. The summed E-state index contributed by atoms with van der Waals surface area (Å²) < 4.78 is 0. The number of anilines is 1. The number of carbonyl (C=O) groups is 1. The first-order valence-electron chi connectivity index (χ1n) is 5.92. The molecule has 0 spiro atoms. The highest BCUT2D eigenvalue weighted by Crippen LogP contribution is 2.30. The molecule has 1 unspecified atom stereocenters. The number of benzene rings is 1. The van der Waals surface area contributed by atoms with E-state index in [9.17, 15) is 9.90 Å². The molecule has 1 aliphatic heterocycles. The summed E-state index contributed by atoms with van der Waals surface area (Å²) in [4.78, 5) is 12.9. The number of aliphatic hydroxyl groups excluding tert-OH is 1. The Morgan fingerprint density at radius 2 is 1.94 bits per heavy atom. The van der Waals surface area contributed by atoms with Crippen molar-refractivity contribution in [3.63, 3.8) is 0 Å². The van der Waals surface area contributed by atoms with Crippen LogP contribution in [0.15, 0.2) is 24.3 Å². The number of aliphatic carboxylic acids is 1. The maximum atomic E-state index is 10.6. The number of carboxylic acid groups (broad SMARTS) is 1. The summed E-state index contributed by atoms with van der Waals surface area (Å²) in [5.41, 5.74) is 1.69. The average molecular weight is 235 g/mol. The molecule has 92 valence electrons. The molecule has 1 aliphatic rings. The first-order chi connectivity index (χ1) is 8.18. The van der Waals surface area contributed by atoms with Crippen molar-refractivity contribution in [3.8, 4) is 0 Å². The number of carboxylic acids is 1. The summed E-state index contributed by atoms with van der Waals surface area (Å²) in [6.45, 7) is 1.97. The third kappa shape index (κ3) is 2.77. The van der Waals surface area contributed by atoms with Gasteiger partial charge in [0.25, 0.3) is 0 Å². The summed E-state index contributed by atoms with van der Waals surface area (Å²) >= 11 is 0. The molecule has 2 N–H and O–H groups in total. The number of para-hydroxylation sites is 1. The van der Waals surface area contributed by atoms with Crippen molar-refractivity contribution in [1.29, 1.82) is 0 Å². The second-order valence-corrected chi connectivity index (χ2v) is 4.37. The van der Waals surface area contributed by atoms with Gasteiger partial charge in [0.2, 0.25) is 0 Å². The average Bonchev–Trinajstić information content (AvgIpc) is 2.81. The summed E-state index contributed by atoms with van der Waals surface area (Å²) in [5.74, 6) is -0.978. The molecule has 1 saturated heterocycles. The lowest BCUT2D eigenvalue weighted by molar-refractivity contribution is -0.139. The molecule has 0 aliphatic carbocycles. The van der Waals surface area contributed by atoms with E-state index in [0.717, 1.165) is 37.2 Å². The number of hydrogen-bond donors (Lipinski definition) is 2. The van der Waals surface area contributed by atoms with Gasteiger partial charge in [-0.1, -0.05) is 18.2 Å². The Hall–Kier alpha value is -1.55. The molecule has 0 radical (unpaired) electrons. The van der Waals surface area contributed by atoms with Crippen LogP contribution in [0.1, 0.15) is 30.9 Å². The number of nitrogens with zero attached hydrogens (tertiary/aromatic N) is 1. The molecular formula is C13H17NO3. The summed E-state index contributed by atoms with van der Waals surface area (Å²) in [6, 6.07) is 7.51. The van der Waals surface area contributed by atoms with Crippen molar-refractivity contribution in [2.24, 2.45) is 0 Å². The molecule has 0 bridgehead atoms. The molecule has 1 aromatic carbocycles. The Morgan fingerprint density at radius 3 is 2.59 bits per heavy atom. The van der Waals surface area contributed by atoms with E-state index in [-0.39, 0.29) is 6.42 Å². The largest absolute Gasteiger partial charge is 0.481 e. The van der Waals surface area contributed by atoms with E-state index in [1.807, 2.05) is 18.2 Å². The predicted molar refractivity (Wildman–Crippen MR) is 65.1 cm³/mol. The van der Waals surface area contributed by atoms with Gasteiger partial charge in [-0.25, -0.2) is 0 Å². The Morgan fingerprint density at radius 1 is 1.29 bits per heavy atom. The van der Waals surface area contributed by atoms with Crippen molar-refractivity contribution < 1.29 is 15.0 Å². The van der Waals surface area contributed by atoms with Crippen LogP contribution in [0.5, 0.6) is 0 Å². The standard InChI is InChI=1S/C13H17NO3/c15-12(9-13(16)17)10-5-1-2-6-11(10)14-7-3-4-8-14/h1-2,5-6,12,15H,3-4,7-9H2,(H,16,17). The Bertz CT molecular complexity index is 399. The normalized spacial score (nSPS) is 17.1. The van der Waals surface area contributed by atoms with E-state index in [0.29, 0.717) is 0 Å². The zero-order valence-electron chi connectivity index (χ0n) is 9.67. The maximum Gasteiger partial charge on any atom is 0.306 e. The van der Waals surface area contributed by atoms with Gasteiger partial charge >= 0.3 is 5.97 Å². The molecule has 0 saturated carbocycles. The van der Waals surface area contributed by atoms with Crippen LogP contribution in [0.25, 0.3) is 0 Å². The monoisotopic (exact) mass is 235 g/mol. The van der Waals surface area contributed by atoms with Crippen molar-refractivity contribution >= 4 is 11.7 Å². The highest BCUT2D eigenvalue weighted by molar-refractivity contribution is 5.68. The molecule has 4 nitrogen and oxygen atoms in total. The van der Waals surface area contributed by atoms with Crippen LogP contribution >= 0.6 is 0 Å². The second-order valence-electron chi connectivity index (χ2n) is 4.37. The van der Waals surface area contributed by atoms with E-state index in [1.165, 1.54) is 0 Å². The molecule has 1 aromatic rings. The predicted octanol–water partition coefficient (Wildman–Crippen LogP) is 1.79. The molecule has 4 heteroatoms. The smallest absolute Gasteiger partial charge is 0.306 e. The van der Waals surface area contributed by atoms with Crippen LogP contribution in [-0.4, -0.2) is 29.3 Å². The van der Waals surface area contributed by atoms with E-state index in [2.05, 4.69) is 4.90 Å². The molecule has 1 heterocycles. The topological polar surface area (TPSA) is 60.8 Å². The lowest BCUT2D eigenvalue weighted by atomic mass is 10.0. The van der Waals surface area contributed by atoms with E-state index in [4.69, 9.17) is 5.11 Å². The molecule has 17 heavy (non-hydrogen) atoms. The SMILES string of the molecule is O=C(O)CC(O)c1ccccc1N1CCCC1. The number of rotatable bonds is 4. The third-order valence-electron chi connectivity index (χ3n) is 3.11. The summed E-state index contributed by atoms with van der Waals surface area (Å²) in [6.07, 6.45) is 1.14. The fourth-order valence-corrected chi connectivity index (χ4v) is 2.29. The molecule has 2 rings (SSSR count). The van der Waals surface area contributed by atoms with Crippen LogP contribution in [0, 0.1) is 0 Å². The van der Waals surface area contributed by atoms with E-state index < -0.39 is 12.1 Å². The lowest BCUT2D eigenvalue weighted by Gasteiger charge is -2.23. The molecule has 1 fully saturated rings. The summed E-state index contributed by atoms with van der Waals surface area (Å²) in [5, 5.41) is 18.7. The Balaban J connectivity index is 2.23. The van der Waals surface area contributed by atoms with Crippen LogP contribution in [0.4, 0.5) is 5.69 Å². The molecule has 0 aromatic heterocycles. The van der Waals surface area contributed by atoms with Crippen molar-refractivity contribution in [3.05, 3.63) is 29.8 Å². The molecule has 1 atom stereocenters. The zero-order valence-corrected chi connectivity index (χ0v) is 9.67. The van der Waals surface area contributed by atoms with Crippen LogP contribution in [0.3, 0.4) is 0 Å². The van der Waals surface area contributed by atoms with Gasteiger partial charge in [-0.3, -0.25) is 4.79 Å². The first-order valence-corrected chi connectivity index (χ1v) is 5.92. The van der Waals surface area contributed by atoms with Gasteiger partial charge in [-0.15, -0.1) is 0 Å². The van der Waals surface area contributed by atoms with Gasteiger partial charge in [0.1, 0.15) is 0 Å². The van der Waals surface area contributed by atoms with Crippen LogP contribution in [0.2, 0.25) is 0 Å². The highest BCUT2D eigenvalue weighted by Gasteiger charge is 2.20. The van der Waals surface area contributed by atoms with Crippen molar-refractivity contribution in [1.82, 2.24) is 0 Å². The van der Waals surface area contributed by atoms with Gasteiger partial charge in [0.05, 0.1) is 12.5 Å². The van der Waals surface area contributed by atoms with Gasteiger partial charge in [0, 0.05) is 24.3 Å². The van der Waals surface area contributed by atoms with Crippen LogP contribution in [-0.2, 0) is 4.79 Å². The quantitative estimate of drug-likeness (QED) is 0.835. The Labute approximate surface area is 100 Å². The zero-order chi connectivity index (χ0) is 12.3. The third-order valence-corrected chi connectivity index (χ3v) is 3.11. The van der Waals surface area contributed by atoms with Gasteiger partial charge in [-0.05, 0) is 18.9 Å². The van der Waals surface area contributed by atoms with E-state index >= 15 is 0 Å². The Kier molecular flexibility index (Phi) is 3.64. The number of hydrogen-bond acceptors (Lipinski definition) is 3. The second kappa shape index (κ2) is 5.19. The molecular weight excluding hydrogens is 218 g/mol. The van der Waals surface area contributed by atoms with E-state index in [1.54, 1.807) is 6.07 Å². The minimum Gasteiger partial charge on any atom is -0.481 e. The van der Waals surface area contributed by atoms with Gasteiger partial charge in [0.15, 0.2) is 0 Å². The van der Waals surface area contributed by atoms with Crippen molar-refractivity contribution in [2.45, 2.75) is 25.4 Å². The lowest BCUT2D eigenvalue weighted by Crippen LogP contribution is -2.20. The minimum atomic E-state index is -0.978. The summed E-state index contributed by atoms with van der Waals surface area (Å²) in [7, 11) is 0. The van der Waals surface area contributed by atoms with Crippen molar-refractivity contribution in [2.75, 3.05) is 18.0 Å². The highest BCUT2D eigenvalue weighted by atomic mass is 16.4. The first kappa shape index (κ1) is 11.9. The van der Waals surface area contributed by atoms with Gasteiger partial charge in [-0.2, -0.15) is 0 Å². The maximum absolute atomic E-state index is 10.6. The number of aliphatic hydroxyl groups is 1. The fourth-order valence-electron chi connectivity index (χ4n) is 2.29. The fraction of sp³-hybridized carbons (Fsp3) is 0.462. The van der Waals surface area contributed by atoms with Crippen LogP contribution < -0.4 is 4.90 Å². The molecule has 0 amide bonds. The van der Waals surface area contributed by atoms with Gasteiger partial charge < -0.3 is 15.1 Å².